The lowest BCUT2D eigenvalue weighted by molar-refractivity contribution is -0.150. The van der Waals surface area contributed by atoms with Gasteiger partial charge in [-0.15, -0.1) is 0 Å². The molecular formula is C16H28O2. The van der Waals surface area contributed by atoms with E-state index < -0.39 is 0 Å². The first-order valence-electron chi connectivity index (χ1n) is 7.66. The van der Waals surface area contributed by atoms with Crippen LogP contribution in [0.1, 0.15) is 71.1 Å². The van der Waals surface area contributed by atoms with E-state index >= 15 is 0 Å². The van der Waals surface area contributed by atoms with Gasteiger partial charge in [0.15, 0.2) is 0 Å². The van der Waals surface area contributed by atoms with Crippen LogP contribution in [0, 0.1) is 5.92 Å². The fourth-order valence-electron chi connectivity index (χ4n) is 2.12. The number of carbonyl (C=O) groups excluding carboxylic acids is 1. The number of hydrogen-bond donors (Lipinski definition) is 0. The number of hydrogen-bond acceptors (Lipinski definition) is 2. The number of esters is 1. The van der Waals surface area contributed by atoms with E-state index in [-0.39, 0.29) is 11.9 Å². The molecule has 1 rings (SSSR count). The van der Waals surface area contributed by atoms with Gasteiger partial charge >= 0.3 is 5.97 Å². The second-order valence-corrected chi connectivity index (χ2v) is 5.29. The minimum absolute atomic E-state index is 0.00506. The van der Waals surface area contributed by atoms with Crippen molar-refractivity contribution >= 4 is 5.97 Å². The van der Waals surface area contributed by atoms with E-state index in [4.69, 9.17) is 4.74 Å². The molecule has 0 N–H and O–H groups in total. The molecule has 2 nitrogen and oxygen atoms in total. The predicted octanol–water partition coefficient (Wildman–Crippen LogP) is 4.64. The van der Waals surface area contributed by atoms with Gasteiger partial charge in [0.05, 0.1) is 5.92 Å². The Morgan fingerprint density at radius 1 is 1.11 bits per heavy atom. The first kappa shape index (κ1) is 15.3. The van der Waals surface area contributed by atoms with Gasteiger partial charge in [-0.1, -0.05) is 57.6 Å². The van der Waals surface area contributed by atoms with Crippen molar-refractivity contribution in [2.75, 3.05) is 6.61 Å². The Balaban J connectivity index is 1.83. The first-order valence-corrected chi connectivity index (χ1v) is 7.66. The van der Waals surface area contributed by atoms with Crippen molar-refractivity contribution in [3.05, 3.63) is 12.2 Å². The standard InChI is InChI=1S/C16H28O2/c1-2-3-4-5-6-7-8-9-10-14-18-16(17)15-12-11-13-15/h9-10,15H,2-8,11-14H2,1H3/b10-9+. The van der Waals surface area contributed by atoms with E-state index in [1.165, 1.54) is 44.9 Å². The molecule has 104 valence electrons. The van der Waals surface area contributed by atoms with Crippen LogP contribution in [-0.2, 0) is 9.53 Å². The molecule has 2 heteroatoms. The highest BCUT2D eigenvalue weighted by molar-refractivity contribution is 5.73. The SMILES string of the molecule is CCCCCCCC/C=C/COC(=O)C1CCC1. The molecule has 0 aliphatic heterocycles. The van der Waals surface area contributed by atoms with E-state index in [9.17, 15) is 4.79 Å². The Morgan fingerprint density at radius 3 is 2.50 bits per heavy atom. The molecule has 1 fully saturated rings. The molecule has 1 saturated carbocycles. The Bertz CT molecular complexity index is 241. The molecular weight excluding hydrogens is 224 g/mol. The van der Waals surface area contributed by atoms with Crippen molar-refractivity contribution in [3.63, 3.8) is 0 Å². The van der Waals surface area contributed by atoms with Crippen molar-refractivity contribution in [2.24, 2.45) is 5.92 Å². The Labute approximate surface area is 112 Å². The summed E-state index contributed by atoms with van der Waals surface area (Å²) in [5.74, 6) is 0.211. The third-order valence-electron chi connectivity index (χ3n) is 3.65. The highest BCUT2D eigenvalue weighted by Crippen LogP contribution is 2.27. The predicted molar refractivity (Wildman–Crippen MR) is 75.4 cm³/mol. The van der Waals surface area contributed by atoms with Crippen LogP contribution < -0.4 is 0 Å². The monoisotopic (exact) mass is 252 g/mol. The van der Waals surface area contributed by atoms with Gasteiger partial charge in [0, 0.05) is 0 Å². The van der Waals surface area contributed by atoms with Gasteiger partial charge in [0.25, 0.3) is 0 Å². The fraction of sp³-hybridized carbons (Fsp3) is 0.812. The average Bonchev–Trinajstić information content (AvgIpc) is 2.29. The lowest BCUT2D eigenvalue weighted by Crippen LogP contribution is -2.24. The number of rotatable bonds is 10. The van der Waals surface area contributed by atoms with Crippen molar-refractivity contribution in [1.29, 1.82) is 0 Å². The first-order chi connectivity index (χ1) is 8.84. The van der Waals surface area contributed by atoms with Crippen LogP contribution >= 0.6 is 0 Å². The zero-order valence-corrected chi connectivity index (χ0v) is 11.8. The highest BCUT2D eigenvalue weighted by atomic mass is 16.5. The van der Waals surface area contributed by atoms with Gasteiger partial charge in [-0.3, -0.25) is 4.79 Å². The largest absolute Gasteiger partial charge is 0.461 e. The van der Waals surface area contributed by atoms with Crippen LogP contribution in [0.5, 0.6) is 0 Å². The number of carbonyl (C=O) groups is 1. The molecule has 0 amide bonds. The summed E-state index contributed by atoms with van der Waals surface area (Å²) in [7, 11) is 0. The lowest BCUT2D eigenvalue weighted by atomic mass is 9.86. The minimum Gasteiger partial charge on any atom is -0.461 e. The maximum atomic E-state index is 11.4. The molecule has 0 aromatic heterocycles. The smallest absolute Gasteiger partial charge is 0.309 e. The van der Waals surface area contributed by atoms with Gasteiger partial charge in [0.1, 0.15) is 6.61 Å². The van der Waals surface area contributed by atoms with Crippen LogP contribution in [0.4, 0.5) is 0 Å². The maximum absolute atomic E-state index is 11.4. The summed E-state index contributed by atoms with van der Waals surface area (Å²) in [5.41, 5.74) is 0. The second-order valence-electron chi connectivity index (χ2n) is 5.29. The fourth-order valence-corrected chi connectivity index (χ4v) is 2.12. The molecule has 1 aliphatic carbocycles. The summed E-state index contributed by atoms with van der Waals surface area (Å²) in [6.07, 6.45) is 16.5. The summed E-state index contributed by atoms with van der Waals surface area (Å²) in [4.78, 5) is 11.4. The van der Waals surface area contributed by atoms with Crippen molar-refractivity contribution in [3.8, 4) is 0 Å². The van der Waals surface area contributed by atoms with Crippen molar-refractivity contribution in [2.45, 2.75) is 71.1 Å². The van der Waals surface area contributed by atoms with Gasteiger partial charge in [-0.2, -0.15) is 0 Å². The van der Waals surface area contributed by atoms with Crippen molar-refractivity contribution < 1.29 is 9.53 Å². The Kier molecular flexibility index (Phi) is 8.62. The third kappa shape index (κ3) is 6.83. The third-order valence-corrected chi connectivity index (χ3v) is 3.65. The summed E-state index contributed by atoms with van der Waals surface area (Å²) in [5, 5.41) is 0. The molecule has 0 aromatic rings. The summed E-state index contributed by atoms with van der Waals surface area (Å²) >= 11 is 0. The van der Waals surface area contributed by atoms with Crippen LogP contribution in [0.25, 0.3) is 0 Å². The minimum atomic E-state index is 0.00506. The van der Waals surface area contributed by atoms with Crippen LogP contribution in [-0.4, -0.2) is 12.6 Å². The number of allylic oxidation sites excluding steroid dienone is 1. The van der Waals surface area contributed by atoms with E-state index in [1.807, 2.05) is 6.08 Å². The second kappa shape index (κ2) is 10.2. The van der Waals surface area contributed by atoms with E-state index in [0.29, 0.717) is 6.61 Å². The molecule has 1 aliphatic rings. The van der Waals surface area contributed by atoms with Crippen LogP contribution in [0.15, 0.2) is 12.2 Å². The molecule has 0 bridgehead atoms. The Hall–Kier alpha value is -0.790. The summed E-state index contributed by atoms with van der Waals surface area (Å²) < 4.78 is 5.18. The van der Waals surface area contributed by atoms with Crippen LogP contribution in [0.2, 0.25) is 0 Å². The molecule has 18 heavy (non-hydrogen) atoms. The van der Waals surface area contributed by atoms with Gasteiger partial charge < -0.3 is 4.74 Å². The van der Waals surface area contributed by atoms with E-state index in [0.717, 1.165) is 19.3 Å². The molecule has 0 aromatic carbocycles. The Morgan fingerprint density at radius 2 is 1.83 bits per heavy atom. The summed E-state index contributed by atoms with van der Waals surface area (Å²) in [6, 6.07) is 0. The molecule has 0 radical (unpaired) electrons. The number of unbranched alkanes of at least 4 members (excludes halogenated alkanes) is 6. The van der Waals surface area contributed by atoms with Gasteiger partial charge in [0.2, 0.25) is 0 Å². The summed E-state index contributed by atoms with van der Waals surface area (Å²) in [6.45, 7) is 2.71. The molecule has 0 unspecified atom stereocenters. The van der Waals surface area contributed by atoms with Gasteiger partial charge in [-0.05, 0) is 25.7 Å². The highest BCUT2D eigenvalue weighted by Gasteiger charge is 2.26. The van der Waals surface area contributed by atoms with Crippen LogP contribution in [0.3, 0.4) is 0 Å². The van der Waals surface area contributed by atoms with Gasteiger partial charge in [-0.25, -0.2) is 0 Å². The van der Waals surface area contributed by atoms with Crippen molar-refractivity contribution in [1.82, 2.24) is 0 Å². The molecule has 0 atom stereocenters. The van der Waals surface area contributed by atoms with E-state index in [2.05, 4.69) is 13.0 Å². The zero-order valence-electron chi connectivity index (χ0n) is 11.8. The quantitative estimate of drug-likeness (QED) is 0.322. The number of ether oxygens (including phenoxy) is 1. The normalized spacial score (nSPS) is 15.8. The lowest BCUT2D eigenvalue weighted by Gasteiger charge is -2.22. The molecule has 0 spiro atoms. The maximum Gasteiger partial charge on any atom is 0.309 e. The zero-order chi connectivity index (χ0) is 13.1. The molecule has 0 heterocycles. The van der Waals surface area contributed by atoms with E-state index in [1.54, 1.807) is 0 Å². The average molecular weight is 252 g/mol. The topological polar surface area (TPSA) is 26.3 Å². The molecule has 0 saturated heterocycles.